The van der Waals surface area contributed by atoms with E-state index in [-0.39, 0.29) is 36.8 Å². The highest BCUT2D eigenvalue weighted by atomic mass is 32.2. The maximum absolute atomic E-state index is 13.1. The molecule has 32 heavy (non-hydrogen) atoms. The van der Waals surface area contributed by atoms with Gasteiger partial charge in [-0.05, 0) is 23.8 Å². The number of methoxy groups -OCH3 is 1. The van der Waals surface area contributed by atoms with Gasteiger partial charge in [0, 0.05) is 37.3 Å². The van der Waals surface area contributed by atoms with Crippen LogP contribution in [0, 0.1) is 0 Å². The summed E-state index contributed by atoms with van der Waals surface area (Å²) >= 11 is 0. The monoisotopic (exact) mass is 470 g/mol. The number of hydrogen-bond donors (Lipinski definition) is 1. The molecule has 0 spiro atoms. The van der Waals surface area contributed by atoms with Crippen LogP contribution in [-0.2, 0) is 29.4 Å². The molecule has 0 saturated heterocycles. The number of hydrogen-bond acceptors (Lipinski definition) is 6. The SMILES string of the molecule is COc1cc(C(F)(F)F)ccc1-n1c2c(ccc1=O)CN(S(=O)(=O)Nc1ccon1)CC2. The first kappa shape index (κ1) is 21.9. The Bertz CT molecular complexity index is 1300. The predicted octanol–water partition coefficient (Wildman–Crippen LogP) is 2.57. The maximum Gasteiger partial charge on any atom is 0.416 e. The first-order chi connectivity index (χ1) is 15.1. The van der Waals surface area contributed by atoms with Crippen LogP contribution in [0.15, 0.2) is 52.0 Å². The average molecular weight is 470 g/mol. The lowest BCUT2D eigenvalue weighted by Gasteiger charge is -2.29. The lowest BCUT2D eigenvalue weighted by Crippen LogP contribution is -2.41. The van der Waals surface area contributed by atoms with E-state index in [9.17, 15) is 26.4 Å². The van der Waals surface area contributed by atoms with Crippen molar-refractivity contribution in [2.24, 2.45) is 0 Å². The minimum atomic E-state index is -4.57. The molecule has 3 heterocycles. The van der Waals surface area contributed by atoms with Crippen molar-refractivity contribution < 1.29 is 30.8 Å². The van der Waals surface area contributed by atoms with Gasteiger partial charge in [-0.2, -0.15) is 25.9 Å². The summed E-state index contributed by atoms with van der Waals surface area (Å²) in [6.45, 7) is -0.0155. The Balaban J connectivity index is 1.72. The molecule has 0 radical (unpaired) electrons. The Morgan fingerprint density at radius 3 is 2.62 bits per heavy atom. The molecule has 3 aromatic rings. The molecule has 0 amide bonds. The summed E-state index contributed by atoms with van der Waals surface area (Å²) in [5, 5.41) is 3.52. The quantitative estimate of drug-likeness (QED) is 0.614. The summed E-state index contributed by atoms with van der Waals surface area (Å²) in [5.41, 5.74) is -0.225. The second-order valence-electron chi connectivity index (χ2n) is 6.94. The summed E-state index contributed by atoms with van der Waals surface area (Å²) in [4.78, 5) is 12.7. The summed E-state index contributed by atoms with van der Waals surface area (Å²) in [7, 11) is -2.74. The Morgan fingerprint density at radius 2 is 1.97 bits per heavy atom. The summed E-state index contributed by atoms with van der Waals surface area (Å²) in [5.74, 6) is -0.103. The first-order valence-electron chi connectivity index (χ1n) is 9.28. The van der Waals surface area contributed by atoms with Crippen molar-refractivity contribution in [3.8, 4) is 11.4 Å². The fourth-order valence-electron chi connectivity index (χ4n) is 3.51. The van der Waals surface area contributed by atoms with Crippen molar-refractivity contribution >= 4 is 16.0 Å². The van der Waals surface area contributed by atoms with Gasteiger partial charge in [0.25, 0.3) is 5.56 Å². The normalized spacial score (nSPS) is 14.8. The number of ether oxygens (including phenoxy) is 1. The number of alkyl halides is 3. The highest BCUT2D eigenvalue weighted by molar-refractivity contribution is 7.90. The Hall–Kier alpha value is -3.32. The molecule has 9 nitrogen and oxygen atoms in total. The van der Waals surface area contributed by atoms with Crippen LogP contribution in [-0.4, -0.2) is 36.1 Å². The lowest BCUT2D eigenvalue weighted by molar-refractivity contribution is -0.137. The number of halogens is 3. The summed E-state index contributed by atoms with van der Waals surface area (Å²) in [6.07, 6.45) is -3.20. The molecule has 1 aromatic carbocycles. The third-order valence-electron chi connectivity index (χ3n) is 4.99. The fourth-order valence-corrected chi connectivity index (χ4v) is 4.64. The van der Waals surface area contributed by atoms with Crippen LogP contribution in [0.25, 0.3) is 5.69 Å². The Morgan fingerprint density at radius 1 is 1.19 bits per heavy atom. The van der Waals surface area contributed by atoms with Gasteiger partial charge in [0.2, 0.25) is 0 Å². The second kappa shape index (κ2) is 7.98. The molecule has 2 aromatic heterocycles. The van der Waals surface area contributed by atoms with E-state index in [0.29, 0.717) is 11.3 Å². The molecule has 0 bridgehead atoms. The van der Waals surface area contributed by atoms with Crippen molar-refractivity contribution in [3.63, 3.8) is 0 Å². The fraction of sp³-hybridized carbons (Fsp3) is 0.263. The van der Waals surface area contributed by atoms with Crippen LogP contribution in [0.2, 0.25) is 0 Å². The minimum Gasteiger partial charge on any atom is -0.495 e. The first-order valence-corrected chi connectivity index (χ1v) is 10.7. The average Bonchev–Trinajstić information content (AvgIpc) is 3.24. The van der Waals surface area contributed by atoms with E-state index >= 15 is 0 Å². The van der Waals surface area contributed by atoms with Crippen molar-refractivity contribution in [2.75, 3.05) is 18.4 Å². The second-order valence-corrected chi connectivity index (χ2v) is 8.61. The van der Waals surface area contributed by atoms with E-state index in [1.54, 1.807) is 0 Å². The molecule has 170 valence electrons. The Labute approximate surface area is 180 Å². The molecule has 0 saturated carbocycles. The van der Waals surface area contributed by atoms with Gasteiger partial charge in [-0.3, -0.25) is 14.1 Å². The highest BCUT2D eigenvalue weighted by Gasteiger charge is 2.33. The number of benzene rings is 1. The topological polar surface area (TPSA) is 107 Å². The van der Waals surface area contributed by atoms with Gasteiger partial charge in [0.05, 0.1) is 18.4 Å². The van der Waals surface area contributed by atoms with Crippen LogP contribution >= 0.6 is 0 Å². The number of nitrogens with zero attached hydrogens (tertiary/aromatic N) is 3. The maximum atomic E-state index is 13.1. The van der Waals surface area contributed by atoms with Gasteiger partial charge in [0.1, 0.15) is 12.0 Å². The van der Waals surface area contributed by atoms with Crippen molar-refractivity contribution in [1.29, 1.82) is 0 Å². The van der Waals surface area contributed by atoms with E-state index in [1.807, 2.05) is 0 Å². The molecule has 0 aliphatic carbocycles. The van der Waals surface area contributed by atoms with Gasteiger partial charge in [0.15, 0.2) is 5.82 Å². The zero-order chi connectivity index (χ0) is 23.1. The number of rotatable bonds is 5. The number of fused-ring (bicyclic) bond motifs is 1. The number of pyridine rings is 1. The van der Waals surface area contributed by atoms with Gasteiger partial charge in [-0.25, -0.2) is 0 Å². The summed E-state index contributed by atoms with van der Waals surface area (Å²) < 4.78 is 79.0. The van der Waals surface area contributed by atoms with E-state index < -0.39 is 27.5 Å². The van der Waals surface area contributed by atoms with Crippen molar-refractivity contribution in [1.82, 2.24) is 14.0 Å². The third-order valence-corrected chi connectivity index (χ3v) is 6.45. The smallest absolute Gasteiger partial charge is 0.416 e. The van der Waals surface area contributed by atoms with Gasteiger partial charge >= 0.3 is 16.4 Å². The minimum absolute atomic E-state index is 0.0234. The predicted molar refractivity (Wildman–Crippen MR) is 107 cm³/mol. The zero-order valence-electron chi connectivity index (χ0n) is 16.6. The van der Waals surface area contributed by atoms with E-state index in [1.165, 1.54) is 46.5 Å². The molecule has 4 rings (SSSR count). The Kier molecular flexibility index (Phi) is 5.46. The molecule has 0 unspecified atom stereocenters. The molecule has 1 N–H and O–H groups in total. The zero-order valence-corrected chi connectivity index (χ0v) is 17.4. The highest BCUT2D eigenvalue weighted by Crippen LogP contribution is 2.35. The van der Waals surface area contributed by atoms with Crippen LogP contribution in [0.4, 0.5) is 19.0 Å². The van der Waals surface area contributed by atoms with E-state index in [0.717, 1.165) is 12.1 Å². The van der Waals surface area contributed by atoms with Crippen LogP contribution in [0.5, 0.6) is 5.75 Å². The van der Waals surface area contributed by atoms with E-state index in [4.69, 9.17) is 4.74 Å². The molecule has 0 fully saturated rings. The third kappa shape index (κ3) is 4.08. The molecule has 0 atom stereocenters. The molecule has 13 heteroatoms. The summed E-state index contributed by atoms with van der Waals surface area (Å²) in [6, 6.07) is 6.94. The van der Waals surface area contributed by atoms with Gasteiger partial charge in [-0.1, -0.05) is 11.2 Å². The van der Waals surface area contributed by atoms with Crippen LogP contribution < -0.4 is 15.0 Å². The number of anilines is 1. The standard InChI is InChI=1S/C19H17F3N4O5S/c1-30-16-10-13(19(20,21)22)3-4-15(16)26-14-6-8-25(11-12(14)2-5-18(26)27)32(28,29)24-17-7-9-31-23-17/h2-5,7,9-10H,6,8,11H2,1H3,(H,23,24). The van der Waals surface area contributed by atoms with Crippen LogP contribution in [0.3, 0.4) is 0 Å². The molecule has 1 aliphatic rings. The number of nitrogens with one attached hydrogen (secondary N) is 1. The largest absolute Gasteiger partial charge is 0.495 e. The van der Waals surface area contributed by atoms with E-state index in [2.05, 4.69) is 14.4 Å². The molecular formula is C19H17F3N4O5S. The van der Waals surface area contributed by atoms with Gasteiger partial charge in [-0.15, -0.1) is 0 Å². The molecule has 1 aliphatic heterocycles. The lowest BCUT2D eigenvalue weighted by atomic mass is 10.1. The van der Waals surface area contributed by atoms with Crippen molar-refractivity contribution in [2.45, 2.75) is 19.1 Å². The van der Waals surface area contributed by atoms with Crippen molar-refractivity contribution in [3.05, 3.63) is 69.8 Å². The molecular weight excluding hydrogens is 453 g/mol. The van der Waals surface area contributed by atoms with Crippen LogP contribution in [0.1, 0.15) is 16.8 Å². The van der Waals surface area contributed by atoms with Gasteiger partial charge < -0.3 is 9.26 Å². The number of aromatic nitrogens is 2.